The number of primary amides is 1. The molecule has 0 radical (unpaired) electrons. The molecule has 0 bridgehead atoms. The van der Waals surface area contributed by atoms with Gasteiger partial charge in [0.15, 0.2) is 0 Å². The fourth-order valence-corrected chi connectivity index (χ4v) is 1.29. The van der Waals surface area contributed by atoms with Crippen molar-refractivity contribution >= 4 is 17.6 Å². The predicted molar refractivity (Wildman–Crippen MR) is 75.4 cm³/mol. The van der Waals surface area contributed by atoms with E-state index in [1.54, 1.807) is 32.2 Å². The normalized spacial score (nSPS) is 10.8. The molecule has 0 spiro atoms. The number of aromatic nitrogens is 1. The third kappa shape index (κ3) is 4.42. The lowest BCUT2D eigenvalue weighted by atomic mass is 9.93. The summed E-state index contributed by atoms with van der Waals surface area (Å²) in [6.45, 7) is 5.73. The number of urea groups is 1. The fourth-order valence-electron chi connectivity index (χ4n) is 1.29. The Morgan fingerprint density at radius 3 is 2.75 bits per heavy atom. The third-order valence-corrected chi connectivity index (χ3v) is 2.66. The van der Waals surface area contributed by atoms with Crippen LogP contribution in [0.2, 0.25) is 0 Å². The number of amides is 3. The van der Waals surface area contributed by atoms with Crippen molar-refractivity contribution in [3.63, 3.8) is 0 Å². The molecule has 110 valence electrons. The van der Waals surface area contributed by atoms with Gasteiger partial charge in [-0.25, -0.2) is 9.78 Å². The van der Waals surface area contributed by atoms with Crippen molar-refractivity contribution in [2.45, 2.75) is 20.8 Å². The summed E-state index contributed by atoms with van der Waals surface area (Å²) in [4.78, 5) is 27.0. The Morgan fingerprint density at radius 1 is 1.45 bits per heavy atom. The van der Waals surface area contributed by atoms with Gasteiger partial charge < -0.3 is 21.1 Å². The Labute approximate surface area is 117 Å². The molecule has 7 nitrogen and oxygen atoms in total. The number of pyridine rings is 1. The standard InChI is InChI=1S/C13H20N4O3/c1-4-20-10-9(6-5-7-15-10)17-12(19)16-8-13(2,3)11(14)18/h5-7H,4,8H2,1-3H3,(H2,14,18)(H2,16,17,19). The maximum Gasteiger partial charge on any atom is 0.319 e. The first kappa shape index (κ1) is 15.7. The molecule has 0 saturated heterocycles. The van der Waals surface area contributed by atoms with Gasteiger partial charge in [0.2, 0.25) is 11.8 Å². The highest BCUT2D eigenvalue weighted by Crippen LogP contribution is 2.20. The van der Waals surface area contributed by atoms with Crippen LogP contribution >= 0.6 is 0 Å². The molecule has 0 aliphatic carbocycles. The van der Waals surface area contributed by atoms with E-state index < -0.39 is 17.4 Å². The average Bonchev–Trinajstić information content (AvgIpc) is 2.39. The minimum Gasteiger partial charge on any atom is -0.476 e. The number of anilines is 1. The molecule has 20 heavy (non-hydrogen) atoms. The van der Waals surface area contributed by atoms with Gasteiger partial charge in [-0.15, -0.1) is 0 Å². The molecule has 0 saturated carbocycles. The highest BCUT2D eigenvalue weighted by molar-refractivity contribution is 5.91. The molecule has 7 heteroatoms. The summed E-state index contributed by atoms with van der Waals surface area (Å²) in [5, 5.41) is 5.21. The van der Waals surface area contributed by atoms with Crippen LogP contribution in [0, 0.1) is 5.41 Å². The smallest absolute Gasteiger partial charge is 0.319 e. The number of hydrogen-bond donors (Lipinski definition) is 3. The summed E-state index contributed by atoms with van der Waals surface area (Å²) in [6.07, 6.45) is 1.57. The lowest BCUT2D eigenvalue weighted by Gasteiger charge is -2.21. The second-order valence-corrected chi connectivity index (χ2v) is 4.84. The highest BCUT2D eigenvalue weighted by Gasteiger charge is 2.25. The number of rotatable bonds is 6. The van der Waals surface area contributed by atoms with Crippen molar-refractivity contribution in [2.24, 2.45) is 11.1 Å². The summed E-state index contributed by atoms with van der Waals surface area (Å²) in [5.41, 5.74) is 4.88. The quantitative estimate of drug-likeness (QED) is 0.725. The van der Waals surface area contributed by atoms with E-state index in [9.17, 15) is 9.59 Å². The number of nitrogens with one attached hydrogen (secondary N) is 2. The first-order valence-corrected chi connectivity index (χ1v) is 6.29. The number of carbonyl (C=O) groups excluding carboxylic acids is 2. The Balaban J connectivity index is 2.61. The number of ether oxygens (including phenoxy) is 1. The third-order valence-electron chi connectivity index (χ3n) is 2.66. The van der Waals surface area contributed by atoms with E-state index in [1.807, 2.05) is 6.92 Å². The van der Waals surface area contributed by atoms with Gasteiger partial charge in [0, 0.05) is 12.7 Å². The molecule has 0 aliphatic rings. The number of nitrogens with zero attached hydrogens (tertiary/aromatic N) is 1. The minimum atomic E-state index is -0.810. The molecular formula is C13H20N4O3. The van der Waals surface area contributed by atoms with E-state index in [0.717, 1.165) is 0 Å². The summed E-state index contributed by atoms with van der Waals surface area (Å²) >= 11 is 0. The van der Waals surface area contributed by atoms with Crippen molar-refractivity contribution in [2.75, 3.05) is 18.5 Å². The first-order valence-electron chi connectivity index (χ1n) is 6.29. The fraction of sp³-hybridized carbons (Fsp3) is 0.462. The van der Waals surface area contributed by atoms with E-state index in [2.05, 4.69) is 15.6 Å². The van der Waals surface area contributed by atoms with Crippen molar-refractivity contribution in [1.82, 2.24) is 10.3 Å². The number of hydrogen-bond acceptors (Lipinski definition) is 4. The van der Waals surface area contributed by atoms with Gasteiger partial charge in [0.25, 0.3) is 0 Å². The summed E-state index contributed by atoms with van der Waals surface area (Å²) in [6, 6.07) is 2.91. The zero-order chi connectivity index (χ0) is 15.2. The Hall–Kier alpha value is -2.31. The van der Waals surface area contributed by atoms with Gasteiger partial charge in [-0.2, -0.15) is 0 Å². The van der Waals surface area contributed by atoms with E-state index in [4.69, 9.17) is 10.5 Å². The van der Waals surface area contributed by atoms with Crippen LogP contribution in [0.1, 0.15) is 20.8 Å². The van der Waals surface area contributed by atoms with Gasteiger partial charge in [-0.05, 0) is 32.9 Å². The largest absolute Gasteiger partial charge is 0.476 e. The number of nitrogens with two attached hydrogens (primary N) is 1. The zero-order valence-corrected chi connectivity index (χ0v) is 11.9. The SMILES string of the molecule is CCOc1ncccc1NC(=O)NCC(C)(C)C(N)=O. The van der Waals surface area contributed by atoms with Gasteiger partial charge in [-0.1, -0.05) is 0 Å². The first-order chi connectivity index (χ1) is 9.36. The lowest BCUT2D eigenvalue weighted by Crippen LogP contribution is -2.43. The summed E-state index contributed by atoms with van der Waals surface area (Å²) in [5.74, 6) is -0.131. The van der Waals surface area contributed by atoms with Gasteiger partial charge in [0.05, 0.1) is 12.0 Å². The van der Waals surface area contributed by atoms with E-state index in [1.165, 1.54) is 0 Å². The van der Waals surface area contributed by atoms with Crippen molar-refractivity contribution < 1.29 is 14.3 Å². The van der Waals surface area contributed by atoms with Crippen LogP contribution in [-0.2, 0) is 4.79 Å². The Morgan fingerprint density at radius 2 is 2.15 bits per heavy atom. The molecular weight excluding hydrogens is 260 g/mol. The Bertz CT molecular complexity index is 488. The van der Waals surface area contributed by atoms with E-state index in [0.29, 0.717) is 18.2 Å². The van der Waals surface area contributed by atoms with Crippen LogP contribution in [0.4, 0.5) is 10.5 Å². The second-order valence-electron chi connectivity index (χ2n) is 4.84. The molecule has 0 aromatic carbocycles. The molecule has 1 rings (SSSR count). The van der Waals surface area contributed by atoms with Crippen molar-refractivity contribution in [3.05, 3.63) is 18.3 Å². The topological polar surface area (TPSA) is 106 Å². The van der Waals surface area contributed by atoms with Crippen LogP contribution in [0.3, 0.4) is 0 Å². The van der Waals surface area contributed by atoms with Crippen LogP contribution in [0.25, 0.3) is 0 Å². The molecule has 0 unspecified atom stereocenters. The van der Waals surface area contributed by atoms with E-state index >= 15 is 0 Å². The van der Waals surface area contributed by atoms with Crippen LogP contribution in [0.5, 0.6) is 5.88 Å². The van der Waals surface area contributed by atoms with Crippen LogP contribution < -0.4 is 21.1 Å². The maximum atomic E-state index is 11.8. The average molecular weight is 280 g/mol. The molecule has 3 amide bonds. The second kappa shape index (κ2) is 6.74. The molecule has 0 atom stereocenters. The zero-order valence-electron chi connectivity index (χ0n) is 11.9. The van der Waals surface area contributed by atoms with Gasteiger partial charge in [0.1, 0.15) is 5.69 Å². The van der Waals surface area contributed by atoms with Crippen molar-refractivity contribution in [3.8, 4) is 5.88 Å². The van der Waals surface area contributed by atoms with E-state index in [-0.39, 0.29) is 6.54 Å². The van der Waals surface area contributed by atoms with Gasteiger partial charge >= 0.3 is 6.03 Å². The highest BCUT2D eigenvalue weighted by atomic mass is 16.5. The Kier molecular flexibility index (Phi) is 5.31. The lowest BCUT2D eigenvalue weighted by molar-refractivity contribution is -0.125. The number of carbonyl (C=O) groups is 2. The maximum absolute atomic E-state index is 11.8. The summed E-state index contributed by atoms with van der Waals surface area (Å²) < 4.78 is 5.29. The minimum absolute atomic E-state index is 0.137. The van der Waals surface area contributed by atoms with Crippen LogP contribution in [-0.4, -0.2) is 30.1 Å². The molecule has 1 heterocycles. The van der Waals surface area contributed by atoms with Gasteiger partial charge in [-0.3, -0.25) is 4.79 Å². The molecule has 0 aliphatic heterocycles. The van der Waals surface area contributed by atoms with Crippen LogP contribution in [0.15, 0.2) is 18.3 Å². The summed E-state index contributed by atoms with van der Waals surface area (Å²) in [7, 11) is 0. The van der Waals surface area contributed by atoms with Crippen molar-refractivity contribution in [1.29, 1.82) is 0 Å². The molecule has 1 aromatic rings. The predicted octanol–water partition coefficient (Wildman–Crippen LogP) is 1.11. The molecule has 4 N–H and O–H groups in total. The molecule has 1 aromatic heterocycles. The molecule has 0 fully saturated rings. The monoisotopic (exact) mass is 280 g/mol.